The number of carbonyl (C=O) groups excluding carboxylic acids is 2. The lowest BCUT2D eigenvalue weighted by Gasteiger charge is -2.51. The first-order valence-corrected chi connectivity index (χ1v) is 23.0. The van der Waals surface area contributed by atoms with E-state index in [1.807, 2.05) is 0 Å². The van der Waals surface area contributed by atoms with Crippen molar-refractivity contribution in [1.29, 1.82) is 0 Å². The highest BCUT2D eigenvalue weighted by molar-refractivity contribution is 7.81. The number of hydrogen-bond donors (Lipinski definition) is 12. The summed E-state index contributed by atoms with van der Waals surface area (Å²) in [5, 5.41) is 94.6. The van der Waals surface area contributed by atoms with Crippen molar-refractivity contribution in [3.05, 3.63) is 10.4 Å². The van der Waals surface area contributed by atoms with E-state index in [1.165, 1.54) is 0 Å². The first-order valence-electron chi connectivity index (χ1n) is 20.2. The molecule has 68 heavy (non-hydrogen) atoms. The average Bonchev–Trinajstić information content (AvgIpc) is 3.25. The number of aliphatic hydroxyl groups is 7. The molecular formula is C33H57N5O28S2. The van der Waals surface area contributed by atoms with Crippen LogP contribution in [0.5, 0.6) is 0 Å². The van der Waals surface area contributed by atoms with Gasteiger partial charge in [0.15, 0.2) is 12.6 Å². The molecule has 3 fully saturated rings. The van der Waals surface area contributed by atoms with Crippen LogP contribution in [-0.4, -0.2) is 255 Å². The van der Waals surface area contributed by atoms with Gasteiger partial charge in [-0.1, -0.05) is 5.11 Å². The van der Waals surface area contributed by atoms with Crippen LogP contribution >= 0.6 is 0 Å². The number of azide groups is 1. The number of amides is 2. The minimum absolute atomic E-state index is 0.0404. The largest absolute Gasteiger partial charge is 0.477 e. The summed E-state index contributed by atoms with van der Waals surface area (Å²) in [6.07, 6.45) is -29.5. The van der Waals surface area contributed by atoms with Gasteiger partial charge in [-0.15, -0.1) is 0 Å². The number of nitrogens with one attached hydrogen (secondary N) is 2. The first kappa shape index (κ1) is 59.1. The zero-order valence-corrected chi connectivity index (χ0v) is 37.8. The number of rotatable bonds is 29. The Bertz CT molecular complexity index is 1880. The van der Waals surface area contributed by atoms with E-state index in [0.717, 1.165) is 13.8 Å². The molecule has 3 aliphatic heterocycles. The Morgan fingerprint density at radius 3 is 1.84 bits per heavy atom. The molecular weight excluding hydrogens is 979 g/mol. The van der Waals surface area contributed by atoms with Gasteiger partial charge < -0.3 is 94.1 Å². The van der Waals surface area contributed by atoms with Gasteiger partial charge in [0, 0.05) is 31.7 Å². The van der Waals surface area contributed by atoms with Crippen molar-refractivity contribution in [3.63, 3.8) is 0 Å². The Morgan fingerprint density at radius 1 is 0.779 bits per heavy atom. The van der Waals surface area contributed by atoms with Crippen LogP contribution in [-0.2, 0) is 86.2 Å². The molecule has 33 nitrogen and oxygen atoms in total. The normalized spacial score (nSPS) is 33.2. The van der Waals surface area contributed by atoms with Crippen LogP contribution in [0.25, 0.3) is 10.4 Å². The minimum Gasteiger partial charge on any atom is -0.477 e. The molecule has 0 saturated carbocycles. The highest BCUT2D eigenvalue weighted by Gasteiger charge is 2.60. The number of carbonyl (C=O) groups is 3. The molecule has 12 N–H and O–H groups in total. The summed E-state index contributed by atoms with van der Waals surface area (Å²) in [6.45, 7) is -1.40. The standard InChI is InChI=1S/C33H57N5O28S2/c1-15(40)36-21-17(42)11-33(32(48)49,65-28(21)23(44)18(43)12-39)66-29-24(45)19(13-60-67(50,51)52)62-31(26(29)47)64-27-20(14-61-68(53,54)55)63-30(22(25(27)46)37-16(2)41)59-10-9-58-8-7-57-6-5-56-4-3-35-38-34/h17-31,39,42-47H,3-14H2,1-2H3,(H,36,40)(H,37,41)(H,48,49)(H,50,51,52)(H,53,54,55)/t17-,18+,19+,20+,21+,22+,23+,24-,25+,26+,27+,28+,29-,30+,31-,33-/m0/s1. The number of aliphatic carboxylic acids is 1. The van der Waals surface area contributed by atoms with Gasteiger partial charge in [0.1, 0.15) is 67.1 Å². The van der Waals surface area contributed by atoms with Gasteiger partial charge in [-0.05, 0) is 5.53 Å². The van der Waals surface area contributed by atoms with Crippen molar-refractivity contribution in [2.75, 3.05) is 72.6 Å². The number of ether oxygens (including phenoxy) is 9. The second kappa shape index (κ2) is 27.4. The smallest absolute Gasteiger partial charge is 0.397 e. The number of aliphatic hydroxyl groups excluding tert-OH is 7. The maximum absolute atomic E-state index is 13.0. The molecule has 3 rings (SSSR count). The van der Waals surface area contributed by atoms with Gasteiger partial charge in [0.2, 0.25) is 11.8 Å². The van der Waals surface area contributed by atoms with E-state index in [0.29, 0.717) is 0 Å². The fourth-order valence-electron chi connectivity index (χ4n) is 6.89. The van der Waals surface area contributed by atoms with E-state index in [2.05, 4.69) is 29.0 Å². The summed E-state index contributed by atoms with van der Waals surface area (Å²) >= 11 is 0. The second-order valence-electron chi connectivity index (χ2n) is 14.9. The monoisotopic (exact) mass is 1040 g/mol. The molecule has 3 saturated heterocycles. The molecule has 0 spiro atoms. The molecule has 0 aliphatic carbocycles. The van der Waals surface area contributed by atoms with E-state index in [1.54, 1.807) is 0 Å². The topological polar surface area (TPSA) is 496 Å². The molecule has 2 amide bonds. The van der Waals surface area contributed by atoms with Gasteiger partial charge >= 0.3 is 26.8 Å². The third kappa shape index (κ3) is 18.2. The predicted octanol–water partition coefficient (Wildman–Crippen LogP) is -7.04. The van der Waals surface area contributed by atoms with E-state index >= 15 is 0 Å². The molecule has 0 aromatic carbocycles. The average molecular weight is 1040 g/mol. The van der Waals surface area contributed by atoms with Crippen molar-refractivity contribution in [3.8, 4) is 0 Å². The van der Waals surface area contributed by atoms with Crippen LogP contribution in [0.1, 0.15) is 20.3 Å². The fourth-order valence-corrected chi connectivity index (χ4v) is 7.50. The van der Waals surface area contributed by atoms with E-state index in [9.17, 15) is 81.2 Å². The maximum atomic E-state index is 13.0. The third-order valence-electron chi connectivity index (χ3n) is 9.90. The molecule has 0 aromatic rings. The Morgan fingerprint density at radius 2 is 1.31 bits per heavy atom. The van der Waals surface area contributed by atoms with Gasteiger partial charge in [-0.3, -0.25) is 18.7 Å². The van der Waals surface area contributed by atoms with E-state index in [4.69, 9.17) is 48.2 Å². The molecule has 35 heteroatoms. The van der Waals surface area contributed by atoms with Crippen LogP contribution in [0.2, 0.25) is 0 Å². The lowest BCUT2D eigenvalue weighted by atomic mass is 9.88. The van der Waals surface area contributed by atoms with Crippen LogP contribution in [0.3, 0.4) is 0 Å². The third-order valence-corrected chi connectivity index (χ3v) is 10.8. The molecule has 3 aliphatic rings. The summed E-state index contributed by atoms with van der Waals surface area (Å²) in [7, 11) is -10.6. The van der Waals surface area contributed by atoms with Crippen molar-refractivity contribution >= 4 is 38.6 Å². The Hall–Kier alpha value is -3.18. The van der Waals surface area contributed by atoms with Crippen molar-refractivity contribution < 1.29 is 132 Å². The molecule has 0 aromatic heterocycles. The van der Waals surface area contributed by atoms with Crippen molar-refractivity contribution in [2.24, 2.45) is 5.11 Å². The zero-order chi connectivity index (χ0) is 51.0. The van der Waals surface area contributed by atoms with Crippen LogP contribution in [0.4, 0.5) is 0 Å². The predicted molar refractivity (Wildman–Crippen MR) is 213 cm³/mol. The number of hydrogen-bond acceptors (Lipinski definition) is 26. The quantitative estimate of drug-likeness (QED) is 0.0109. The highest BCUT2D eigenvalue weighted by atomic mass is 32.3. The van der Waals surface area contributed by atoms with Gasteiger partial charge in [0.05, 0.1) is 78.2 Å². The Labute approximate surface area is 386 Å². The van der Waals surface area contributed by atoms with Gasteiger partial charge in [0.25, 0.3) is 5.79 Å². The number of nitrogens with zero attached hydrogens (tertiary/aromatic N) is 3. The molecule has 0 unspecified atom stereocenters. The zero-order valence-electron chi connectivity index (χ0n) is 36.1. The minimum atomic E-state index is -5.35. The maximum Gasteiger partial charge on any atom is 0.397 e. The van der Waals surface area contributed by atoms with Crippen molar-refractivity contribution in [1.82, 2.24) is 10.6 Å². The summed E-state index contributed by atoms with van der Waals surface area (Å²) in [5.74, 6) is -7.11. The Kier molecular flexibility index (Phi) is 23.9. The Balaban J connectivity index is 1.92. The van der Waals surface area contributed by atoms with E-state index in [-0.39, 0.29) is 52.8 Å². The van der Waals surface area contributed by atoms with E-state index < -0.39 is 162 Å². The van der Waals surface area contributed by atoms with Crippen LogP contribution in [0, 0.1) is 0 Å². The summed E-state index contributed by atoms with van der Waals surface area (Å²) < 4.78 is 124. The summed E-state index contributed by atoms with van der Waals surface area (Å²) in [5.41, 5.74) is 8.26. The van der Waals surface area contributed by atoms with Crippen LogP contribution in [0.15, 0.2) is 5.11 Å². The number of carboxylic acid groups (broad SMARTS) is 1. The highest BCUT2D eigenvalue weighted by Crippen LogP contribution is 2.38. The SMILES string of the molecule is CC(=O)N[C@H]1[C@H](OCCOCCOCCOCCN=[N+]=[N-])O[C@H](COS(=O)(=O)O)[C@@H](O[C@@H]2O[C@H](COS(=O)(=O)O)[C@H](O)[C@H](O[C@]3(C(=O)O)C[C@H](O)[C@@H](NC(C)=O)[C@H]([C@H](O)[C@H](O)CO)O3)[C@H]2O)[C@@H]1O. The first-order chi connectivity index (χ1) is 31.8. The molecule has 0 radical (unpaired) electrons. The fraction of sp³-hybridized carbons (Fsp3) is 0.909. The van der Waals surface area contributed by atoms with Crippen molar-refractivity contribution in [2.45, 2.75) is 118 Å². The molecule has 16 atom stereocenters. The summed E-state index contributed by atoms with van der Waals surface area (Å²) in [6, 6.07) is -3.36. The van der Waals surface area contributed by atoms with Gasteiger partial charge in [-0.25, -0.2) is 13.2 Å². The van der Waals surface area contributed by atoms with Crippen LogP contribution < -0.4 is 10.6 Å². The lowest BCUT2D eigenvalue weighted by molar-refractivity contribution is -0.382. The van der Waals surface area contributed by atoms with Gasteiger partial charge in [-0.2, -0.15) is 16.8 Å². The molecule has 394 valence electrons. The second-order valence-corrected chi connectivity index (χ2v) is 17.1. The number of carboxylic acids is 1. The lowest BCUT2D eigenvalue weighted by Crippen LogP contribution is -2.71. The molecule has 0 bridgehead atoms. The summed E-state index contributed by atoms with van der Waals surface area (Å²) in [4.78, 5) is 39.9. The molecule has 3 heterocycles.